The third kappa shape index (κ3) is 3.66. The second kappa shape index (κ2) is 8.72. The SMILES string of the molecule is N#Cc1ccccc1Cn1cnc2c1c(=O)n(C1CCCCC1)c(=O)n2-c1ccccc1Cl. The van der Waals surface area contributed by atoms with Crippen molar-refractivity contribution < 1.29 is 0 Å². The summed E-state index contributed by atoms with van der Waals surface area (Å²) >= 11 is 6.47. The van der Waals surface area contributed by atoms with E-state index < -0.39 is 5.69 Å². The van der Waals surface area contributed by atoms with Gasteiger partial charge in [-0.1, -0.05) is 61.2 Å². The summed E-state index contributed by atoms with van der Waals surface area (Å²) in [4.78, 5) is 31.9. The quantitative estimate of drug-likeness (QED) is 0.452. The highest BCUT2D eigenvalue weighted by Crippen LogP contribution is 2.27. The molecule has 5 rings (SSSR count). The van der Waals surface area contributed by atoms with Crippen LogP contribution in [0.5, 0.6) is 0 Å². The molecule has 2 heterocycles. The molecular formula is C25H22ClN5O2. The lowest BCUT2D eigenvalue weighted by Crippen LogP contribution is -2.43. The summed E-state index contributed by atoms with van der Waals surface area (Å²) in [5.74, 6) is 0. The first-order chi connectivity index (χ1) is 16.1. The Hall–Kier alpha value is -3.63. The lowest BCUT2D eigenvalue weighted by molar-refractivity contribution is 0.335. The Bertz CT molecular complexity index is 1500. The molecule has 0 N–H and O–H groups in total. The molecule has 0 atom stereocenters. The van der Waals surface area contributed by atoms with E-state index in [0.29, 0.717) is 28.3 Å². The van der Waals surface area contributed by atoms with Gasteiger partial charge in [-0.05, 0) is 36.6 Å². The third-order valence-electron chi connectivity index (χ3n) is 6.36. The molecular weight excluding hydrogens is 438 g/mol. The molecule has 1 aliphatic rings. The van der Waals surface area contributed by atoms with Crippen molar-refractivity contribution in [1.29, 1.82) is 5.26 Å². The fourth-order valence-corrected chi connectivity index (χ4v) is 4.96. The van der Waals surface area contributed by atoms with E-state index in [4.69, 9.17) is 11.6 Å². The van der Waals surface area contributed by atoms with Gasteiger partial charge in [-0.15, -0.1) is 0 Å². The molecule has 0 spiro atoms. The number of nitriles is 1. The number of para-hydroxylation sites is 1. The fourth-order valence-electron chi connectivity index (χ4n) is 4.74. The van der Waals surface area contributed by atoms with Crippen LogP contribution in [0.1, 0.15) is 49.3 Å². The Morgan fingerprint density at radius 2 is 1.76 bits per heavy atom. The second-order valence-electron chi connectivity index (χ2n) is 8.35. The molecule has 0 amide bonds. The number of benzene rings is 2. The number of imidazole rings is 1. The standard InChI is InChI=1S/C25H22ClN5O2/c26-20-12-6-7-13-21(20)31-23-22(24(32)30(25(31)33)19-10-2-1-3-11-19)29(16-28-23)15-18-9-5-4-8-17(18)14-27/h4-9,12-13,16,19H,1-3,10-11,15H2. The van der Waals surface area contributed by atoms with Crippen molar-refractivity contribution in [3.05, 3.63) is 91.8 Å². The summed E-state index contributed by atoms with van der Waals surface area (Å²) in [6, 6.07) is 16.4. The van der Waals surface area contributed by atoms with E-state index in [2.05, 4.69) is 11.1 Å². The fraction of sp³-hybridized carbons (Fsp3) is 0.280. The van der Waals surface area contributed by atoms with Crippen LogP contribution < -0.4 is 11.2 Å². The summed E-state index contributed by atoms with van der Waals surface area (Å²) in [7, 11) is 0. The summed E-state index contributed by atoms with van der Waals surface area (Å²) in [6.45, 7) is 0.293. The Morgan fingerprint density at radius 3 is 2.52 bits per heavy atom. The minimum absolute atomic E-state index is 0.161. The molecule has 0 saturated heterocycles. The topological polar surface area (TPSA) is 85.6 Å². The summed E-state index contributed by atoms with van der Waals surface area (Å²) in [6.07, 6.45) is 6.20. The van der Waals surface area contributed by atoms with Crippen molar-refractivity contribution in [1.82, 2.24) is 18.7 Å². The Morgan fingerprint density at radius 1 is 1.03 bits per heavy atom. The lowest BCUT2D eigenvalue weighted by atomic mass is 9.95. The van der Waals surface area contributed by atoms with Crippen LogP contribution in [0.2, 0.25) is 5.02 Å². The maximum atomic E-state index is 13.7. The smallest absolute Gasteiger partial charge is 0.320 e. The van der Waals surface area contributed by atoms with Gasteiger partial charge in [0.25, 0.3) is 5.56 Å². The number of rotatable bonds is 4. The van der Waals surface area contributed by atoms with Crippen LogP contribution >= 0.6 is 11.6 Å². The van der Waals surface area contributed by atoms with Crippen molar-refractivity contribution in [2.24, 2.45) is 0 Å². The zero-order chi connectivity index (χ0) is 22.9. The summed E-state index contributed by atoms with van der Waals surface area (Å²) in [5.41, 5.74) is 1.62. The predicted octanol–water partition coefficient (Wildman–Crippen LogP) is 4.43. The lowest BCUT2D eigenvalue weighted by Gasteiger charge is -2.24. The van der Waals surface area contributed by atoms with E-state index in [1.165, 1.54) is 9.13 Å². The molecule has 166 valence electrons. The van der Waals surface area contributed by atoms with E-state index in [0.717, 1.165) is 37.7 Å². The van der Waals surface area contributed by atoms with E-state index in [9.17, 15) is 14.9 Å². The van der Waals surface area contributed by atoms with Gasteiger partial charge in [0.15, 0.2) is 11.2 Å². The van der Waals surface area contributed by atoms with Crippen molar-refractivity contribution >= 4 is 22.8 Å². The van der Waals surface area contributed by atoms with Crippen LogP contribution in [0.15, 0.2) is 64.4 Å². The maximum absolute atomic E-state index is 13.7. The Balaban J connectivity index is 1.80. The summed E-state index contributed by atoms with van der Waals surface area (Å²) in [5, 5.41) is 9.89. The molecule has 33 heavy (non-hydrogen) atoms. The van der Waals surface area contributed by atoms with Crippen LogP contribution in [0.4, 0.5) is 0 Å². The molecule has 1 saturated carbocycles. The van der Waals surface area contributed by atoms with Gasteiger partial charge < -0.3 is 4.57 Å². The number of halogens is 1. The monoisotopic (exact) mass is 459 g/mol. The molecule has 0 aliphatic heterocycles. The second-order valence-corrected chi connectivity index (χ2v) is 8.76. The Labute approximate surface area is 195 Å². The molecule has 7 nitrogen and oxygen atoms in total. The molecule has 1 fully saturated rings. The van der Waals surface area contributed by atoms with Gasteiger partial charge >= 0.3 is 5.69 Å². The highest BCUT2D eigenvalue weighted by atomic mass is 35.5. The average Bonchev–Trinajstić information content (AvgIpc) is 3.25. The van der Waals surface area contributed by atoms with Gasteiger partial charge in [-0.2, -0.15) is 5.26 Å². The molecule has 1 aliphatic carbocycles. The number of aromatic nitrogens is 4. The van der Waals surface area contributed by atoms with Gasteiger partial charge in [-0.25, -0.2) is 14.3 Å². The van der Waals surface area contributed by atoms with E-state index in [-0.39, 0.29) is 17.2 Å². The number of fused-ring (bicyclic) bond motifs is 1. The van der Waals surface area contributed by atoms with Crippen LogP contribution in [-0.4, -0.2) is 18.7 Å². The predicted molar refractivity (Wildman–Crippen MR) is 127 cm³/mol. The largest absolute Gasteiger partial charge is 0.337 e. The van der Waals surface area contributed by atoms with Crippen LogP contribution in [0, 0.1) is 11.3 Å². The van der Waals surface area contributed by atoms with Gasteiger partial charge in [0, 0.05) is 6.04 Å². The van der Waals surface area contributed by atoms with Gasteiger partial charge in [0.1, 0.15) is 0 Å². The molecule has 8 heteroatoms. The number of hydrogen-bond donors (Lipinski definition) is 0. The molecule has 2 aromatic heterocycles. The number of nitrogens with zero attached hydrogens (tertiary/aromatic N) is 5. The van der Waals surface area contributed by atoms with E-state index in [1.807, 2.05) is 12.1 Å². The van der Waals surface area contributed by atoms with Crippen molar-refractivity contribution in [3.63, 3.8) is 0 Å². The highest BCUT2D eigenvalue weighted by Gasteiger charge is 2.26. The zero-order valence-corrected chi connectivity index (χ0v) is 18.7. The van der Waals surface area contributed by atoms with Crippen LogP contribution in [0.3, 0.4) is 0 Å². The van der Waals surface area contributed by atoms with Gasteiger partial charge in [0.05, 0.1) is 35.2 Å². The van der Waals surface area contributed by atoms with E-state index in [1.54, 1.807) is 47.3 Å². The summed E-state index contributed by atoms with van der Waals surface area (Å²) < 4.78 is 4.56. The van der Waals surface area contributed by atoms with Crippen LogP contribution in [-0.2, 0) is 6.54 Å². The first kappa shape index (κ1) is 21.2. The molecule has 0 bridgehead atoms. The Kier molecular flexibility index (Phi) is 5.61. The highest BCUT2D eigenvalue weighted by molar-refractivity contribution is 6.32. The molecule has 0 radical (unpaired) electrons. The van der Waals surface area contributed by atoms with Crippen LogP contribution in [0.25, 0.3) is 16.9 Å². The van der Waals surface area contributed by atoms with Crippen molar-refractivity contribution in [2.45, 2.75) is 44.7 Å². The van der Waals surface area contributed by atoms with Crippen molar-refractivity contribution in [2.75, 3.05) is 0 Å². The minimum Gasteiger partial charge on any atom is -0.320 e. The average molecular weight is 460 g/mol. The maximum Gasteiger partial charge on any atom is 0.337 e. The molecule has 0 unspecified atom stereocenters. The molecule has 4 aromatic rings. The van der Waals surface area contributed by atoms with Crippen molar-refractivity contribution in [3.8, 4) is 11.8 Å². The number of hydrogen-bond acceptors (Lipinski definition) is 4. The first-order valence-electron chi connectivity index (χ1n) is 11.1. The molecule has 2 aromatic carbocycles. The van der Waals surface area contributed by atoms with Gasteiger partial charge in [0.2, 0.25) is 0 Å². The first-order valence-corrected chi connectivity index (χ1v) is 11.4. The van der Waals surface area contributed by atoms with E-state index >= 15 is 0 Å². The normalized spacial score (nSPS) is 14.4. The van der Waals surface area contributed by atoms with Gasteiger partial charge in [-0.3, -0.25) is 9.36 Å². The minimum atomic E-state index is -0.421. The zero-order valence-electron chi connectivity index (χ0n) is 17.9. The third-order valence-corrected chi connectivity index (χ3v) is 6.68.